The van der Waals surface area contributed by atoms with Gasteiger partial charge < -0.3 is 14.8 Å². The maximum Gasteiger partial charge on any atom is 0.0617 e. The Labute approximate surface area is 119 Å². The van der Waals surface area contributed by atoms with Gasteiger partial charge in [-0.3, -0.25) is 0 Å². The van der Waals surface area contributed by atoms with Crippen LogP contribution in [0, 0.1) is 11.3 Å². The first-order valence-electron chi connectivity index (χ1n) is 8.01. The fourth-order valence-electron chi connectivity index (χ4n) is 2.70. The van der Waals surface area contributed by atoms with Gasteiger partial charge in [0.2, 0.25) is 0 Å². The lowest BCUT2D eigenvalue weighted by Gasteiger charge is -2.33. The van der Waals surface area contributed by atoms with Crippen LogP contribution in [0.2, 0.25) is 0 Å². The molecule has 19 heavy (non-hydrogen) atoms. The average molecular weight is 271 g/mol. The van der Waals surface area contributed by atoms with Gasteiger partial charge in [0.15, 0.2) is 0 Å². The fourth-order valence-corrected chi connectivity index (χ4v) is 2.70. The van der Waals surface area contributed by atoms with E-state index in [0.29, 0.717) is 12.0 Å². The maximum atomic E-state index is 5.81. The van der Waals surface area contributed by atoms with Gasteiger partial charge in [-0.1, -0.05) is 27.2 Å². The maximum absolute atomic E-state index is 5.81. The molecule has 1 aliphatic rings. The Morgan fingerprint density at radius 1 is 1.37 bits per heavy atom. The molecule has 1 aliphatic heterocycles. The van der Waals surface area contributed by atoms with E-state index in [1.807, 2.05) is 0 Å². The van der Waals surface area contributed by atoms with Gasteiger partial charge in [-0.2, -0.15) is 0 Å². The fraction of sp³-hybridized carbons (Fsp3) is 1.00. The largest absolute Gasteiger partial charge is 0.381 e. The second-order valence-corrected chi connectivity index (χ2v) is 6.37. The van der Waals surface area contributed by atoms with Crippen LogP contribution in [0.25, 0.3) is 0 Å². The van der Waals surface area contributed by atoms with Crippen LogP contribution in [0.1, 0.15) is 53.4 Å². The summed E-state index contributed by atoms with van der Waals surface area (Å²) in [6.45, 7) is 13.8. The minimum Gasteiger partial charge on any atom is -0.381 e. The number of ether oxygens (including phenoxy) is 2. The van der Waals surface area contributed by atoms with Crippen molar-refractivity contribution >= 4 is 0 Å². The van der Waals surface area contributed by atoms with Crippen LogP contribution in [-0.2, 0) is 9.47 Å². The van der Waals surface area contributed by atoms with Crippen molar-refractivity contribution in [2.45, 2.75) is 59.5 Å². The highest BCUT2D eigenvalue weighted by molar-refractivity contribution is 4.91. The molecule has 0 spiro atoms. The highest BCUT2D eigenvalue weighted by Gasteiger charge is 2.40. The summed E-state index contributed by atoms with van der Waals surface area (Å²) in [5.41, 5.74) is 0.279. The van der Waals surface area contributed by atoms with Crippen LogP contribution in [0.3, 0.4) is 0 Å². The molecule has 1 rings (SSSR count). The zero-order valence-corrected chi connectivity index (χ0v) is 13.3. The number of hydrogen-bond donors (Lipinski definition) is 1. The number of unbranched alkanes of at least 4 members (excludes halogenated alkanes) is 1. The summed E-state index contributed by atoms with van der Waals surface area (Å²) >= 11 is 0. The standard InChI is InChI=1S/C16H33NO2/c1-5-6-9-18-10-7-16(8-11-19-15(16)4)13-17-12-14(2)3/h14-15,17H,5-13H2,1-4H3. The predicted molar refractivity (Wildman–Crippen MR) is 80.5 cm³/mol. The number of nitrogens with one attached hydrogen (secondary N) is 1. The molecule has 0 aromatic rings. The summed E-state index contributed by atoms with van der Waals surface area (Å²) in [5.74, 6) is 0.704. The van der Waals surface area contributed by atoms with Crippen LogP contribution >= 0.6 is 0 Å². The molecule has 1 N–H and O–H groups in total. The highest BCUT2D eigenvalue weighted by Crippen LogP contribution is 2.37. The van der Waals surface area contributed by atoms with Crippen molar-refractivity contribution in [3.05, 3.63) is 0 Å². The Hall–Kier alpha value is -0.120. The van der Waals surface area contributed by atoms with E-state index in [4.69, 9.17) is 9.47 Å². The zero-order valence-electron chi connectivity index (χ0n) is 13.3. The first kappa shape index (κ1) is 16.9. The lowest BCUT2D eigenvalue weighted by Crippen LogP contribution is -2.41. The van der Waals surface area contributed by atoms with Crippen molar-refractivity contribution in [2.24, 2.45) is 11.3 Å². The molecule has 0 aliphatic carbocycles. The first-order chi connectivity index (χ1) is 9.10. The van der Waals surface area contributed by atoms with Crippen molar-refractivity contribution in [1.82, 2.24) is 5.32 Å². The molecule has 1 saturated heterocycles. The summed E-state index contributed by atoms with van der Waals surface area (Å²) in [7, 11) is 0. The van der Waals surface area contributed by atoms with E-state index in [9.17, 15) is 0 Å². The Kier molecular flexibility index (Phi) is 7.96. The zero-order chi connectivity index (χ0) is 14.1. The van der Waals surface area contributed by atoms with E-state index in [-0.39, 0.29) is 5.41 Å². The van der Waals surface area contributed by atoms with E-state index < -0.39 is 0 Å². The molecular weight excluding hydrogens is 238 g/mol. The van der Waals surface area contributed by atoms with Crippen molar-refractivity contribution in [3.8, 4) is 0 Å². The molecule has 114 valence electrons. The average Bonchev–Trinajstić information content (AvgIpc) is 2.71. The molecule has 3 heteroatoms. The number of rotatable bonds is 10. The summed E-state index contributed by atoms with van der Waals surface area (Å²) in [4.78, 5) is 0. The van der Waals surface area contributed by atoms with Gasteiger partial charge in [0.05, 0.1) is 6.10 Å². The number of hydrogen-bond acceptors (Lipinski definition) is 3. The van der Waals surface area contributed by atoms with E-state index >= 15 is 0 Å². The van der Waals surface area contributed by atoms with Crippen LogP contribution in [0.4, 0.5) is 0 Å². The molecule has 0 aromatic carbocycles. The van der Waals surface area contributed by atoms with E-state index in [1.54, 1.807) is 0 Å². The second kappa shape index (κ2) is 8.93. The lowest BCUT2D eigenvalue weighted by atomic mass is 9.78. The molecule has 1 heterocycles. The molecule has 3 nitrogen and oxygen atoms in total. The summed E-state index contributed by atoms with van der Waals surface area (Å²) < 4.78 is 11.6. The Morgan fingerprint density at radius 3 is 2.74 bits per heavy atom. The summed E-state index contributed by atoms with van der Waals surface area (Å²) in [6, 6.07) is 0. The van der Waals surface area contributed by atoms with Gasteiger partial charge in [-0.05, 0) is 38.6 Å². The van der Waals surface area contributed by atoms with Crippen molar-refractivity contribution in [2.75, 3.05) is 32.9 Å². The molecule has 0 saturated carbocycles. The molecular formula is C16H33NO2. The highest BCUT2D eigenvalue weighted by atomic mass is 16.5. The van der Waals surface area contributed by atoms with E-state index in [0.717, 1.165) is 45.8 Å². The van der Waals surface area contributed by atoms with E-state index in [1.165, 1.54) is 12.8 Å². The van der Waals surface area contributed by atoms with Gasteiger partial charge in [0.1, 0.15) is 0 Å². The third-order valence-corrected chi connectivity index (χ3v) is 4.25. The van der Waals surface area contributed by atoms with Crippen LogP contribution in [-0.4, -0.2) is 39.0 Å². The minimum absolute atomic E-state index is 0.279. The molecule has 2 atom stereocenters. The first-order valence-corrected chi connectivity index (χ1v) is 8.01. The van der Waals surface area contributed by atoms with Gasteiger partial charge >= 0.3 is 0 Å². The molecule has 0 bridgehead atoms. The van der Waals surface area contributed by atoms with Crippen molar-refractivity contribution < 1.29 is 9.47 Å². The SMILES string of the molecule is CCCCOCCC1(CNCC(C)C)CCOC1C. The lowest BCUT2D eigenvalue weighted by molar-refractivity contribution is 0.0323. The van der Waals surface area contributed by atoms with E-state index in [2.05, 4.69) is 33.0 Å². The molecule has 0 radical (unpaired) electrons. The molecule has 2 unspecified atom stereocenters. The molecule has 0 amide bonds. The van der Waals surface area contributed by atoms with Crippen molar-refractivity contribution in [3.63, 3.8) is 0 Å². The topological polar surface area (TPSA) is 30.5 Å². The molecule has 0 aromatic heterocycles. The normalized spacial score (nSPS) is 27.3. The Morgan fingerprint density at radius 2 is 2.16 bits per heavy atom. The van der Waals surface area contributed by atoms with Crippen LogP contribution in [0.5, 0.6) is 0 Å². The smallest absolute Gasteiger partial charge is 0.0617 e. The minimum atomic E-state index is 0.279. The predicted octanol–water partition coefficient (Wildman–Crippen LogP) is 3.23. The van der Waals surface area contributed by atoms with Crippen LogP contribution < -0.4 is 5.32 Å². The quantitative estimate of drug-likeness (QED) is 0.619. The Bertz CT molecular complexity index is 233. The third-order valence-electron chi connectivity index (χ3n) is 4.25. The Balaban J connectivity index is 2.33. The van der Waals surface area contributed by atoms with Gasteiger partial charge in [-0.15, -0.1) is 0 Å². The molecule has 1 fully saturated rings. The van der Waals surface area contributed by atoms with Gasteiger partial charge in [0, 0.05) is 31.8 Å². The summed E-state index contributed by atoms with van der Waals surface area (Å²) in [6.07, 6.45) is 5.01. The van der Waals surface area contributed by atoms with Gasteiger partial charge in [0.25, 0.3) is 0 Å². The van der Waals surface area contributed by atoms with Crippen molar-refractivity contribution in [1.29, 1.82) is 0 Å². The summed E-state index contributed by atoms with van der Waals surface area (Å²) in [5, 5.41) is 3.61. The van der Waals surface area contributed by atoms with Gasteiger partial charge in [-0.25, -0.2) is 0 Å². The van der Waals surface area contributed by atoms with Crippen LogP contribution in [0.15, 0.2) is 0 Å². The monoisotopic (exact) mass is 271 g/mol. The second-order valence-electron chi connectivity index (χ2n) is 6.37. The third kappa shape index (κ3) is 5.80.